The summed E-state index contributed by atoms with van der Waals surface area (Å²) in [6.45, 7) is 7.88. The van der Waals surface area contributed by atoms with Gasteiger partial charge in [0, 0.05) is 22.7 Å². The van der Waals surface area contributed by atoms with Gasteiger partial charge < -0.3 is 10.1 Å². The maximum Gasteiger partial charge on any atom is 0.0518 e. The third kappa shape index (κ3) is 5.57. The van der Waals surface area contributed by atoms with Crippen molar-refractivity contribution in [3.8, 4) is 0 Å². The van der Waals surface area contributed by atoms with Gasteiger partial charge in [0.25, 0.3) is 0 Å². The zero-order valence-corrected chi connectivity index (χ0v) is 12.7. The molecule has 1 aromatic carbocycles. The molecular weight excluding hydrogens is 269 g/mol. The highest BCUT2D eigenvalue weighted by molar-refractivity contribution is 6.35. The van der Waals surface area contributed by atoms with E-state index in [2.05, 4.69) is 12.2 Å². The van der Waals surface area contributed by atoms with Crippen molar-refractivity contribution in [1.82, 2.24) is 5.32 Å². The summed E-state index contributed by atoms with van der Waals surface area (Å²) in [6.07, 6.45) is 1.29. The molecule has 0 amide bonds. The predicted molar refractivity (Wildman–Crippen MR) is 78.6 cm³/mol. The molecule has 1 aromatic rings. The summed E-state index contributed by atoms with van der Waals surface area (Å²) < 4.78 is 5.49. The normalized spacial score (nSPS) is 13.0. The molecule has 0 saturated carbocycles. The van der Waals surface area contributed by atoms with Crippen LogP contribution in [0.3, 0.4) is 0 Å². The first kappa shape index (κ1) is 15.8. The van der Waals surface area contributed by atoms with Crippen LogP contribution in [0.5, 0.6) is 0 Å². The third-order valence-corrected chi connectivity index (χ3v) is 3.21. The second-order valence-corrected chi connectivity index (χ2v) is 5.46. The van der Waals surface area contributed by atoms with E-state index in [1.54, 1.807) is 6.07 Å². The van der Waals surface area contributed by atoms with Gasteiger partial charge in [-0.05, 0) is 51.4 Å². The molecule has 0 fully saturated rings. The summed E-state index contributed by atoms with van der Waals surface area (Å²) in [7, 11) is 0. The lowest BCUT2D eigenvalue weighted by Gasteiger charge is -2.16. The van der Waals surface area contributed by atoms with Gasteiger partial charge in [-0.15, -0.1) is 0 Å². The lowest BCUT2D eigenvalue weighted by atomic mass is 10.1. The summed E-state index contributed by atoms with van der Waals surface area (Å²) in [5.74, 6) is 0. The van der Waals surface area contributed by atoms with Crippen molar-refractivity contribution >= 4 is 23.2 Å². The quantitative estimate of drug-likeness (QED) is 0.749. The molecule has 0 aliphatic heterocycles. The minimum Gasteiger partial charge on any atom is -0.379 e. The lowest BCUT2D eigenvalue weighted by molar-refractivity contribution is 0.0768. The highest BCUT2D eigenvalue weighted by Gasteiger charge is 2.09. The average Bonchev–Trinajstić information content (AvgIpc) is 2.27. The van der Waals surface area contributed by atoms with Crippen LogP contribution < -0.4 is 5.32 Å². The third-order valence-electron chi connectivity index (χ3n) is 2.65. The first-order valence-corrected chi connectivity index (χ1v) is 7.06. The molecule has 18 heavy (non-hydrogen) atoms. The summed E-state index contributed by atoms with van der Waals surface area (Å²) in [5, 5.41) is 4.80. The van der Waals surface area contributed by atoms with Gasteiger partial charge >= 0.3 is 0 Å². The van der Waals surface area contributed by atoms with E-state index in [1.165, 1.54) is 0 Å². The number of benzene rings is 1. The van der Waals surface area contributed by atoms with Crippen LogP contribution in [0.25, 0.3) is 0 Å². The highest BCUT2D eigenvalue weighted by atomic mass is 35.5. The SMILES string of the molecule is CC(C)OCCCNC(C)c1ccc(Cl)cc1Cl. The largest absolute Gasteiger partial charge is 0.379 e. The molecule has 1 unspecified atom stereocenters. The van der Waals surface area contributed by atoms with Crippen LogP contribution in [0.15, 0.2) is 18.2 Å². The van der Waals surface area contributed by atoms with Crippen molar-refractivity contribution < 1.29 is 4.74 Å². The Morgan fingerprint density at radius 3 is 2.56 bits per heavy atom. The van der Waals surface area contributed by atoms with Crippen molar-refractivity contribution in [3.05, 3.63) is 33.8 Å². The molecule has 0 spiro atoms. The molecule has 0 bridgehead atoms. The molecular formula is C14H21Cl2NO. The van der Waals surface area contributed by atoms with Crippen LogP contribution in [0.1, 0.15) is 38.8 Å². The van der Waals surface area contributed by atoms with Crippen LogP contribution in [-0.2, 0) is 4.74 Å². The fourth-order valence-electron chi connectivity index (χ4n) is 1.67. The van der Waals surface area contributed by atoms with Crippen molar-refractivity contribution in [2.45, 2.75) is 39.3 Å². The summed E-state index contributed by atoms with van der Waals surface area (Å²) >= 11 is 12.0. The van der Waals surface area contributed by atoms with E-state index in [0.717, 1.165) is 25.1 Å². The van der Waals surface area contributed by atoms with Gasteiger partial charge in [-0.3, -0.25) is 0 Å². The molecule has 0 heterocycles. The maximum atomic E-state index is 6.16. The summed E-state index contributed by atoms with van der Waals surface area (Å²) in [5.41, 5.74) is 1.07. The van der Waals surface area contributed by atoms with Crippen LogP contribution in [0, 0.1) is 0 Å². The van der Waals surface area contributed by atoms with E-state index in [-0.39, 0.29) is 6.04 Å². The van der Waals surface area contributed by atoms with E-state index in [9.17, 15) is 0 Å². The van der Waals surface area contributed by atoms with Gasteiger partial charge in [-0.1, -0.05) is 29.3 Å². The molecule has 1 rings (SSSR count). The molecule has 102 valence electrons. The molecule has 0 saturated heterocycles. The highest BCUT2D eigenvalue weighted by Crippen LogP contribution is 2.25. The van der Waals surface area contributed by atoms with Gasteiger partial charge in [-0.25, -0.2) is 0 Å². The molecule has 0 aliphatic rings. The topological polar surface area (TPSA) is 21.3 Å². The minimum absolute atomic E-state index is 0.216. The smallest absolute Gasteiger partial charge is 0.0518 e. The molecule has 1 N–H and O–H groups in total. The Hall–Kier alpha value is -0.280. The number of halogens is 2. The van der Waals surface area contributed by atoms with E-state index < -0.39 is 0 Å². The van der Waals surface area contributed by atoms with E-state index in [1.807, 2.05) is 26.0 Å². The minimum atomic E-state index is 0.216. The second kappa shape index (κ2) is 8.00. The van der Waals surface area contributed by atoms with E-state index in [0.29, 0.717) is 16.1 Å². The van der Waals surface area contributed by atoms with Gasteiger partial charge in [0.1, 0.15) is 0 Å². The lowest BCUT2D eigenvalue weighted by Crippen LogP contribution is -2.21. The Kier molecular flexibility index (Phi) is 7.02. The molecule has 0 aliphatic carbocycles. The molecule has 2 nitrogen and oxygen atoms in total. The molecule has 0 radical (unpaired) electrons. The maximum absolute atomic E-state index is 6.16. The monoisotopic (exact) mass is 289 g/mol. The Morgan fingerprint density at radius 2 is 1.94 bits per heavy atom. The zero-order valence-electron chi connectivity index (χ0n) is 11.2. The average molecular weight is 290 g/mol. The number of nitrogens with one attached hydrogen (secondary N) is 1. The van der Waals surface area contributed by atoms with Gasteiger partial charge in [0.05, 0.1) is 6.10 Å². The standard InChI is InChI=1S/C14H21Cl2NO/c1-10(2)18-8-4-7-17-11(3)13-6-5-12(15)9-14(13)16/h5-6,9-11,17H,4,7-8H2,1-3H3. The van der Waals surface area contributed by atoms with Crippen molar-refractivity contribution in [2.24, 2.45) is 0 Å². The Balaban J connectivity index is 2.34. The zero-order chi connectivity index (χ0) is 13.5. The predicted octanol–water partition coefficient (Wildman–Crippen LogP) is 4.46. The first-order valence-electron chi connectivity index (χ1n) is 6.30. The van der Waals surface area contributed by atoms with Crippen LogP contribution in [0.4, 0.5) is 0 Å². The number of ether oxygens (including phenoxy) is 1. The molecule has 1 atom stereocenters. The van der Waals surface area contributed by atoms with Crippen LogP contribution in [0.2, 0.25) is 10.0 Å². The van der Waals surface area contributed by atoms with Crippen molar-refractivity contribution in [1.29, 1.82) is 0 Å². The van der Waals surface area contributed by atoms with Crippen LogP contribution >= 0.6 is 23.2 Å². The fraction of sp³-hybridized carbons (Fsp3) is 0.571. The summed E-state index contributed by atoms with van der Waals surface area (Å²) in [4.78, 5) is 0. The number of rotatable bonds is 7. The van der Waals surface area contributed by atoms with Crippen LogP contribution in [-0.4, -0.2) is 19.3 Å². The number of hydrogen-bond acceptors (Lipinski definition) is 2. The Labute approximate surface area is 120 Å². The molecule has 4 heteroatoms. The van der Waals surface area contributed by atoms with Gasteiger partial charge in [0.15, 0.2) is 0 Å². The fourth-order valence-corrected chi connectivity index (χ4v) is 2.24. The molecule has 0 aromatic heterocycles. The second-order valence-electron chi connectivity index (χ2n) is 4.61. The van der Waals surface area contributed by atoms with Gasteiger partial charge in [-0.2, -0.15) is 0 Å². The first-order chi connectivity index (χ1) is 8.50. The number of hydrogen-bond donors (Lipinski definition) is 1. The van der Waals surface area contributed by atoms with E-state index >= 15 is 0 Å². The van der Waals surface area contributed by atoms with E-state index in [4.69, 9.17) is 27.9 Å². The Morgan fingerprint density at radius 1 is 1.22 bits per heavy atom. The summed E-state index contributed by atoms with van der Waals surface area (Å²) in [6, 6.07) is 5.82. The van der Waals surface area contributed by atoms with Gasteiger partial charge in [0.2, 0.25) is 0 Å². The van der Waals surface area contributed by atoms with Crippen molar-refractivity contribution in [2.75, 3.05) is 13.2 Å². The Bertz CT molecular complexity index is 369. The van der Waals surface area contributed by atoms with Crippen molar-refractivity contribution in [3.63, 3.8) is 0 Å².